The zero-order valence-corrected chi connectivity index (χ0v) is 47.3. The molecule has 15 rings (SSSR count). The molecular weight excluding hydrogens is 948 g/mol. The normalized spacial score (nSPS) is 17.4. The van der Waals surface area contributed by atoms with Gasteiger partial charge < -0.3 is 19.2 Å². The Hall–Kier alpha value is -7.76. The molecule has 0 amide bonds. The first-order chi connectivity index (χ1) is 37.2. The zero-order valence-electron chi connectivity index (χ0n) is 47.3. The summed E-state index contributed by atoms with van der Waals surface area (Å²) in [5, 5.41) is 0. The van der Waals surface area contributed by atoms with Crippen LogP contribution in [0.1, 0.15) is 134 Å². The lowest BCUT2D eigenvalue weighted by molar-refractivity contribution is 0.332. The number of benzene rings is 9. The lowest BCUT2D eigenvalue weighted by Gasteiger charge is -2.49. The molecule has 9 aromatic carbocycles. The monoisotopic (exact) mass is 1010 g/mol. The van der Waals surface area contributed by atoms with E-state index in [1.807, 2.05) is 24.3 Å². The predicted octanol–water partition coefficient (Wildman–Crippen LogP) is 18.5. The Morgan fingerprint density at radius 1 is 0.449 bits per heavy atom. The lowest BCUT2D eigenvalue weighted by atomic mass is 9.42. The summed E-state index contributed by atoms with van der Waals surface area (Å²) in [6.07, 6.45) is 2.28. The number of hydrogen-bond donors (Lipinski definition) is 0. The highest BCUT2D eigenvalue weighted by Gasteiger charge is 2.53. The number of ether oxygens (including phenoxy) is 2. The van der Waals surface area contributed by atoms with Gasteiger partial charge in [0.2, 0.25) is 0 Å². The van der Waals surface area contributed by atoms with Gasteiger partial charge in [-0.2, -0.15) is 0 Å². The van der Waals surface area contributed by atoms with Crippen molar-refractivity contribution in [2.45, 2.75) is 123 Å². The fourth-order valence-corrected chi connectivity index (χ4v) is 15.1. The van der Waals surface area contributed by atoms with Crippen molar-refractivity contribution in [2.24, 2.45) is 0 Å². The molecule has 0 unspecified atom stereocenters. The second kappa shape index (κ2) is 15.7. The molecule has 5 heteroatoms. The van der Waals surface area contributed by atoms with Gasteiger partial charge in [-0.3, -0.25) is 0 Å². The second-order valence-corrected chi connectivity index (χ2v) is 26.7. The van der Waals surface area contributed by atoms with Gasteiger partial charge in [0.25, 0.3) is 0 Å². The molecule has 3 heterocycles. The summed E-state index contributed by atoms with van der Waals surface area (Å²) in [7, 11) is 0. The summed E-state index contributed by atoms with van der Waals surface area (Å²) in [4.78, 5) is 5.44. The van der Waals surface area contributed by atoms with Gasteiger partial charge in [0.1, 0.15) is 0 Å². The van der Waals surface area contributed by atoms with Crippen LogP contribution in [0.4, 0.5) is 28.4 Å². The van der Waals surface area contributed by atoms with Crippen LogP contribution in [0.15, 0.2) is 164 Å². The van der Waals surface area contributed by atoms with E-state index >= 15 is 0 Å². The van der Waals surface area contributed by atoms with Gasteiger partial charge in [0, 0.05) is 62.0 Å². The Bertz CT molecular complexity index is 4110. The number of aryl methyl sites for hydroxylation is 1. The molecule has 0 bridgehead atoms. The lowest BCUT2D eigenvalue weighted by Crippen LogP contribution is -2.62. The van der Waals surface area contributed by atoms with Crippen LogP contribution in [0.5, 0.6) is 23.0 Å². The average molecular weight is 1020 g/mol. The fraction of sp³-hybridized carbons (Fsp3) is 0.260. The molecule has 0 fully saturated rings. The maximum absolute atomic E-state index is 7.05. The van der Waals surface area contributed by atoms with Crippen molar-refractivity contribution in [3.05, 3.63) is 208 Å². The first kappa shape index (κ1) is 47.5. The molecule has 4 nitrogen and oxygen atoms in total. The van der Waals surface area contributed by atoms with Crippen LogP contribution in [0, 0.1) is 6.92 Å². The number of para-hydroxylation sites is 2. The SMILES string of the molecule is Cc1cc2c(cc1N1c3cc4c(cc3B3c5c1cc1c(c5-c5ccc6c(c5N3c3ccc(C(C)(C)C)cc3-c3ccccc3)-c3ccccc3C6(C)C)C(C)(C)c3ccccc3-1)Oc1ccccc1O4)C(C)(C)CCC2(C)C. The third-order valence-corrected chi connectivity index (χ3v) is 19.4. The number of rotatable bonds is 3. The van der Waals surface area contributed by atoms with Gasteiger partial charge in [-0.1, -0.05) is 191 Å². The standard InChI is InChI=1S/C73H67BN2O2/c1-42-36-53-54(71(7,8)35-34-70(53,5)6)39-57(42)75-58-41-63-62(77-60-28-20-21-29-61(60)78-63)40-55(58)74-67-59(75)38-49-45-24-16-18-26-50(45)73(11,12)66(49)65(67)47-31-32-52-64(46-25-17-19-27-51(46)72(52,9)10)68(47)76(74)56-33-30-44(69(2,3)4)37-48(56)43-22-14-13-15-23-43/h13-33,36-41H,34-35H2,1-12H3. The third kappa shape index (κ3) is 6.36. The molecule has 0 saturated heterocycles. The quantitative estimate of drug-likeness (QED) is 0.165. The fourth-order valence-electron chi connectivity index (χ4n) is 15.1. The molecule has 0 radical (unpaired) electrons. The summed E-state index contributed by atoms with van der Waals surface area (Å²) in [6, 6.07) is 62.4. The minimum absolute atomic E-state index is 0.0153. The zero-order chi connectivity index (χ0) is 53.7. The van der Waals surface area contributed by atoms with Crippen molar-refractivity contribution in [2.75, 3.05) is 9.71 Å². The third-order valence-electron chi connectivity index (χ3n) is 19.4. The minimum atomic E-state index is -0.320. The number of nitrogens with zero attached hydrogens (tertiary/aromatic N) is 2. The van der Waals surface area contributed by atoms with E-state index in [9.17, 15) is 0 Å². The summed E-state index contributed by atoms with van der Waals surface area (Å²) >= 11 is 0. The number of anilines is 5. The Kier molecular flexibility index (Phi) is 9.56. The van der Waals surface area contributed by atoms with Gasteiger partial charge in [0.05, 0.1) is 0 Å². The first-order valence-electron chi connectivity index (χ1n) is 28.4. The summed E-state index contributed by atoms with van der Waals surface area (Å²) in [5.41, 5.74) is 29.0. The molecule has 78 heavy (non-hydrogen) atoms. The van der Waals surface area contributed by atoms with E-state index in [2.05, 4.69) is 232 Å². The molecule has 384 valence electrons. The van der Waals surface area contributed by atoms with Gasteiger partial charge in [-0.15, -0.1) is 0 Å². The van der Waals surface area contributed by atoms with E-state index in [-0.39, 0.29) is 33.9 Å². The molecule has 0 N–H and O–H groups in total. The van der Waals surface area contributed by atoms with Gasteiger partial charge in [0.15, 0.2) is 23.0 Å². The van der Waals surface area contributed by atoms with Gasteiger partial charge in [-0.25, -0.2) is 0 Å². The van der Waals surface area contributed by atoms with Crippen molar-refractivity contribution < 1.29 is 9.47 Å². The molecule has 0 spiro atoms. The maximum Gasteiger partial charge on any atom is 0.333 e. The molecule has 0 atom stereocenters. The van der Waals surface area contributed by atoms with Crippen LogP contribution in [-0.4, -0.2) is 6.85 Å². The van der Waals surface area contributed by atoms with Crippen LogP contribution in [0.2, 0.25) is 0 Å². The highest BCUT2D eigenvalue weighted by Crippen LogP contribution is 2.63. The Labute approximate surface area is 461 Å². The molecular formula is C73H67BN2O2. The number of hydrogen-bond acceptors (Lipinski definition) is 4. The van der Waals surface area contributed by atoms with Gasteiger partial charge >= 0.3 is 6.85 Å². The van der Waals surface area contributed by atoms with Crippen LogP contribution in [0.3, 0.4) is 0 Å². The van der Waals surface area contributed by atoms with E-state index in [1.165, 1.54) is 123 Å². The van der Waals surface area contributed by atoms with Crippen LogP contribution in [-0.2, 0) is 27.1 Å². The van der Waals surface area contributed by atoms with Crippen molar-refractivity contribution in [3.63, 3.8) is 0 Å². The molecule has 3 aliphatic heterocycles. The van der Waals surface area contributed by atoms with E-state index in [1.54, 1.807) is 0 Å². The summed E-state index contributed by atoms with van der Waals surface area (Å²) in [5.74, 6) is 2.87. The molecule has 0 aromatic heterocycles. The van der Waals surface area contributed by atoms with Crippen molar-refractivity contribution >= 4 is 46.2 Å². The van der Waals surface area contributed by atoms with Crippen LogP contribution in [0.25, 0.3) is 44.5 Å². The van der Waals surface area contributed by atoms with E-state index in [4.69, 9.17) is 9.47 Å². The molecule has 3 aliphatic carbocycles. The smallest absolute Gasteiger partial charge is 0.333 e. The minimum Gasteiger partial charge on any atom is -0.450 e. The van der Waals surface area contributed by atoms with Crippen LogP contribution < -0.4 is 30.1 Å². The topological polar surface area (TPSA) is 24.9 Å². The van der Waals surface area contributed by atoms with Crippen molar-refractivity contribution in [1.82, 2.24) is 0 Å². The molecule has 0 saturated carbocycles. The summed E-state index contributed by atoms with van der Waals surface area (Å²) in [6.45, 7) is 28.6. The Balaban J connectivity index is 1.15. The van der Waals surface area contributed by atoms with E-state index in [0.29, 0.717) is 5.75 Å². The average Bonchev–Trinajstić information content (AvgIpc) is 2.44. The van der Waals surface area contributed by atoms with E-state index < -0.39 is 0 Å². The molecule has 9 aromatic rings. The van der Waals surface area contributed by atoms with Crippen molar-refractivity contribution in [1.29, 1.82) is 0 Å². The predicted molar refractivity (Wildman–Crippen MR) is 326 cm³/mol. The summed E-state index contributed by atoms with van der Waals surface area (Å²) < 4.78 is 14.1. The van der Waals surface area contributed by atoms with Crippen molar-refractivity contribution in [3.8, 4) is 67.5 Å². The first-order valence-corrected chi connectivity index (χ1v) is 28.4. The Morgan fingerprint density at radius 2 is 1.06 bits per heavy atom. The maximum atomic E-state index is 7.05. The highest BCUT2D eigenvalue weighted by atomic mass is 16.6. The van der Waals surface area contributed by atoms with E-state index in [0.717, 1.165) is 35.8 Å². The largest absolute Gasteiger partial charge is 0.450 e. The number of fused-ring (bicyclic) bond motifs is 15. The second-order valence-electron chi connectivity index (χ2n) is 26.7. The van der Waals surface area contributed by atoms with Crippen LogP contribution >= 0.6 is 0 Å². The highest BCUT2D eigenvalue weighted by molar-refractivity contribution is 6.94. The van der Waals surface area contributed by atoms with Gasteiger partial charge in [-0.05, 0) is 162 Å². The Morgan fingerprint density at radius 3 is 1.76 bits per heavy atom. The molecule has 6 aliphatic rings.